The molecule has 3 aromatic rings. The molecule has 0 atom stereocenters. The second-order valence-electron chi connectivity index (χ2n) is 6.21. The second kappa shape index (κ2) is 6.96. The van der Waals surface area contributed by atoms with E-state index in [9.17, 15) is 9.59 Å². The predicted octanol–water partition coefficient (Wildman–Crippen LogP) is 3.91. The number of benzene rings is 3. The van der Waals surface area contributed by atoms with Crippen LogP contribution in [0, 0.1) is 0 Å². The monoisotopic (exact) mass is 358 g/mol. The van der Waals surface area contributed by atoms with Gasteiger partial charge in [0.2, 0.25) is 0 Å². The van der Waals surface area contributed by atoms with Crippen molar-refractivity contribution >= 4 is 17.5 Å². The van der Waals surface area contributed by atoms with Crippen molar-refractivity contribution < 1.29 is 14.3 Å². The van der Waals surface area contributed by atoms with E-state index in [1.807, 2.05) is 54.6 Å². The lowest BCUT2D eigenvalue weighted by Gasteiger charge is -2.32. The average Bonchev–Trinajstić information content (AvgIpc) is 2.98. The molecule has 1 aliphatic rings. The number of ether oxygens (including phenoxy) is 1. The Morgan fingerprint density at radius 1 is 0.778 bits per heavy atom. The number of amides is 2. The Morgan fingerprint density at radius 3 is 1.89 bits per heavy atom. The van der Waals surface area contributed by atoms with Crippen molar-refractivity contribution in [1.82, 2.24) is 5.01 Å². The summed E-state index contributed by atoms with van der Waals surface area (Å²) in [5.41, 5.74) is 2.58. The van der Waals surface area contributed by atoms with Crippen LogP contribution in [0.5, 0.6) is 5.75 Å². The Kier molecular flexibility index (Phi) is 4.34. The van der Waals surface area contributed by atoms with E-state index >= 15 is 0 Å². The maximum atomic E-state index is 13.0. The normalized spacial score (nSPS) is 12.9. The summed E-state index contributed by atoms with van der Waals surface area (Å²) < 4.78 is 5.20. The molecule has 27 heavy (non-hydrogen) atoms. The first kappa shape index (κ1) is 16.8. The highest BCUT2D eigenvalue weighted by atomic mass is 16.5. The first-order valence-corrected chi connectivity index (χ1v) is 8.62. The first-order chi connectivity index (χ1) is 13.2. The van der Waals surface area contributed by atoms with Gasteiger partial charge in [0.15, 0.2) is 0 Å². The maximum Gasteiger partial charge on any atom is 0.280 e. The van der Waals surface area contributed by atoms with Crippen molar-refractivity contribution in [2.75, 3.05) is 12.1 Å². The number of nitrogens with zero attached hydrogens (tertiary/aromatic N) is 2. The largest absolute Gasteiger partial charge is 0.497 e. The van der Waals surface area contributed by atoms with E-state index in [4.69, 9.17) is 4.74 Å². The highest BCUT2D eigenvalue weighted by molar-refractivity contribution is 6.22. The van der Waals surface area contributed by atoms with Gasteiger partial charge >= 0.3 is 0 Å². The zero-order valence-electron chi connectivity index (χ0n) is 14.8. The molecule has 0 spiro atoms. The molecule has 0 fully saturated rings. The smallest absolute Gasteiger partial charge is 0.280 e. The molecule has 1 aliphatic heterocycles. The number of carbonyl (C=O) groups excluding carboxylic acids is 2. The summed E-state index contributed by atoms with van der Waals surface area (Å²) in [6.07, 6.45) is 0. The van der Waals surface area contributed by atoms with Crippen LogP contribution in [0.4, 0.5) is 5.69 Å². The predicted molar refractivity (Wildman–Crippen MR) is 103 cm³/mol. The van der Waals surface area contributed by atoms with Crippen LogP contribution in [0.15, 0.2) is 78.9 Å². The summed E-state index contributed by atoms with van der Waals surface area (Å²) in [5.74, 6) is 0.131. The van der Waals surface area contributed by atoms with Crippen molar-refractivity contribution in [3.8, 4) is 5.75 Å². The van der Waals surface area contributed by atoms with Crippen molar-refractivity contribution in [3.05, 3.63) is 95.6 Å². The molecule has 0 radical (unpaired) electrons. The third-order valence-electron chi connectivity index (χ3n) is 4.56. The Bertz CT molecular complexity index is 949. The molecule has 0 saturated heterocycles. The maximum absolute atomic E-state index is 13.0. The molecule has 5 nitrogen and oxygen atoms in total. The molecule has 0 aromatic heterocycles. The lowest BCUT2D eigenvalue weighted by Crippen LogP contribution is -2.46. The van der Waals surface area contributed by atoms with Gasteiger partial charge in [0, 0.05) is 0 Å². The lowest BCUT2D eigenvalue weighted by atomic mass is 10.1. The zero-order chi connectivity index (χ0) is 18.8. The average molecular weight is 358 g/mol. The molecule has 1 heterocycles. The van der Waals surface area contributed by atoms with Crippen LogP contribution in [0.2, 0.25) is 0 Å². The SMILES string of the molecule is COc1ccc(CN(c2ccccc2)N2C(=O)c3ccccc3C2=O)cc1. The van der Waals surface area contributed by atoms with Gasteiger partial charge in [-0.25, -0.2) is 0 Å². The first-order valence-electron chi connectivity index (χ1n) is 8.62. The third-order valence-corrected chi connectivity index (χ3v) is 4.56. The molecule has 134 valence electrons. The number of hydrogen-bond donors (Lipinski definition) is 0. The fourth-order valence-electron chi connectivity index (χ4n) is 3.18. The molecule has 2 amide bonds. The Morgan fingerprint density at radius 2 is 1.33 bits per heavy atom. The van der Waals surface area contributed by atoms with E-state index in [1.165, 1.54) is 5.01 Å². The van der Waals surface area contributed by atoms with Crippen LogP contribution >= 0.6 is 0 Å². The van der Waals surface area contributed by atoms with Gasteiger partial charge in [-0.2, -0.15) is 5.01 Å². The molecule has 3 aromatic carbocycles. The van der Waals surface area contributed by atoms with Crippen molar-refractivity contribution in [1.29, 1.82) is 0 Å². The van der Waals surface area contributed by atoms with E-state index in [1.54, 1.807) is 36.4 Å². The highest BCUT2D eigenvalue weighted by Gasteiger charge is 2.39. The Balaban J connectivity index is 1.73. The van der Waals surface area contributed by atoms with Crippen LogP contribution in [0.25, 0.3) is 0 Å². The lowest BCUT2D eigenvalue weighted by molar-refractivity contribution is 0.0631. The minimum atomic E-state index is -0.312. The third kappa shape index (κ3) is 3.04. The number of para-hydroxylation sites is 1. The molecule has 0 bridgehead atoms. The fourth-order valence-corrected chi connectivity index (χ4v) is 3.18. The number of anilines is 1. The van der Waals surface area contributed by atoms with Crippen LogP contribution in [-0.2, 0) is 6.54 Å². The number of imide groups is 1. The fraction of sp³-hybridized carbons (Fsp3) is 0.0909. The number of fused-ring (bicyclic) bond motifs is 1. The van der Waals surface area contributed by atoms with E-state index in [0.717, 1.165) is 17.0 Å². The number of hydrazine groups is 1. The van der Waals surface area contributed by atoms with Gasteiger partial charge in [0.05, 0.1) is 30.5 Å². The minimum Gasteiger partial charge on any atom is -0.497 e. The number of rotatable bonds is 5. The van der Waals surface area contributed by atoms with Crippen molar-refractivity contribution in [3.63, 3.8) is 0 Å². The van der Waals surface area contributed by atoms with Gasteiger partial charge < -0.3 is 4.74 Å². The van der Waals surface area contributed by atoms with Gasteiger partial charge in [0.1, 0.15) is 5.75 Å². The number of methoxy groups -OCH3 is 1. The molecule has 0 saturated carbocycles. The zero-order valence-corrected chi connectivity index (χ0v) is 14.8. The van der Waals surface area contributed by atoms with Crippen LogP contribution in [-0.4, -0.2) is 23.9 Å². The Labute approximate surface area is 157 Å². The molecular weight excluding hydrogens is 340 g/mol. The molecule has 0 unspecified atom stereocenters. The van der Waals surface area contributed by atoms with E-state index < -0.39 is 0 Å². The van der Waals surface area contributed by atoms with Crippen LogP contribution in [0.3, 0.4) is 0 Å². The van der Waals surface area contributed by atoms with Gasteiger partial charge in [-0.1, -0.05) is 42.5 Å². The summed E-state index contributed by atoms with van der Waals surface area (Å²) in [4.78, 5) is 25.9. The van der Waals surface area contributed by atoms with Gasteiger partial charge in [0.25, 0.3) is 11.8 Å². The molecule has 0 aliphatic carbocycles. The standard InChI is InChI=1S/C22H18N2O3/c1-27-18-13-11-16(12-14-18)15-23(17-7-3-2-4-8-17)24-21(25)19-9-5-6-10-20(19)22(24)26/h2-14H,15H2,1H3. The van der Waals surface area contributed by atoms with Gasteiger partial charge in [-0.05, 0) is 42.0 Å². The number of carbonyl (C=O) groups is 2. The van der Waals surface area contributed by atoms with Gasteiger partial charge in [-0.3, -0.25) is 14.6 Å². The van der Waals surface area contributed by atoms with E-state index in [0.29, 0.717) is 17.7 Å². The summed E-state index contributed by atoms with van der Waals surface area (Å²) in [5, 5.41) is 2.94. The minimum absolute atomic E-state index is 0.312. The van der Waals surface area contributed by atoms with Crippen LogP contribution < -0.4 is 9.75 Å². The van der Waals surface area contributed by atoms with Gasteiger partial charge in [-0.15, -0.1) is 0 Å². The number of hydrogen-bond acceptors (Lipinski definition) is 4. The quantitative estimate of drug-likeness (QED) is 0.649. The van der Waals surface area contributed by atoms with E-state index in [-0.39, 0.29) is 11.8 Å². The van der Waals surface area contributed by atoms with Crippen molar-refractivity contribution in [2.24, 2.45) is 0 Å². The summed E-state index contributed by atoms with van der Waals surface area (Å²) in [6, 6.07) is 23.9. The molecule has 4 rings (SSSR count). The van der Waals surface area contributed by atoms with E-state index in [2.05, 4.69) is 0 Å². The highest BCUT2D eigenvalue weighted by Crippen LogP contribution is 2.29. The van der Waals surface area contributed by atoms with Crippen LogP contribution in [0.1, 0.15) is 26.3 Å². The molecule has 5 heteroatoms. The molecular formula is C22H18N2O3. The summed E-state index contributed by atoms with van der Waals surface area (Å²) in [6.45, 7) is 0.374. The molecule has 0 N–H and O–H groups in total. The summed E-state index contributed by atoms with van der Waals surface area (Å²) >= 11 is 0. The second-order valence-corrected chi connectivity index (χ2v) is 6.21. The van der Waals surface area contributed by atoms with Crippen molar-refractivity contribution in [2.45, 2.75) is 6.54 Å². The summed E-state index contributed by atoms with van der Waals surface area (Å²) in [7, 11) is 1.62. The topological polar surface area (TPSA) is 49.9 Å². The Hall–Kier alpha value is -3.60.